The molecule has 0 saturated heterocycles. The van der Waals surface area contributed by atoms with E-state index in [0.717, 1.165) is 27.7 Å². The number of thiazole rings is 1. The Morgan fingerprint density at radius 1 is 1.26 bits per heavy atom. The van der Waals surface area contributed by atoms with E-state index in [1.54, 1.807) is 6.92 Å². The van der Waals surface area contributed by atoms with Gasteiger partial charge in [-0.25, -0.2) is 9.37 Å². The molecule has 1 aromatic carbocycles. The highest BCUT2D eigenvalue weighted by molar-refractivity contribution is 7.11. The van der Waals surface area contributed by atoms with Crippen LogP contribution in [-0.2, 0) is 23.9 Å². The van der Waals surface area contributed by atoms with Gasteiger partial charge in [0.1, 0.15) is 18.2 Å². The predicted molar refractivity (Wildman–Crippen MR) is 109 cm³/mol. The summed E-state index contributed by atoms with van der Waals surface area (Å²) >= 11 is 1.38. The zero-order valence-corrected chi connectivity index (χ0v) is 17.2. The summed E-state index contributed by atoms with van der Waals surface area (Å²) in [7, 11) is 0. The van der Waals surface area contributed by atoms with E-state index in [1.807, 2.05) is 0 Å². The van der Waals surface area contributed by atoms with Crippen molar-refractivity contribution in [3.63, 3.8) is 0 Å². The third kappa shape index (κ3) is 5.94. The summed E-state index contributed by atoms with van der Waals surface area (Å²) < 4.78 is 57.8. The van der Waals surface area contributed by atoms with Gasteiger partial charge in [0.05, 0.1) is 21.1 Å². The lowest BCUT2D eigenvalue weighted by Gasteiger charge is -2.06. The maximum Gasteiger partial charge on any atom is 0.416 e. The minimum Gasteiger partial charge on any atom is -0.488 e. The lowest BCUT2D eigenvalue weighted by molar-refractivity contribution is -0.137. The molecule has 0 aliphatic heterocycles. The molecular formula is C21H19F4N3O2S. The lowest BCUT2D eigenvalue weighted by Crippen LogP contribution is -2.14. The molecule has 0 saturated carbocycles. The summed E-state index contributed by atoms with van der Waals surface area (Å²) in [6.45, 7) is 1.96. The van der Waals surface area contributed by atoms with Crippen molar-refractivity contribution in [2.24, 2.45) is 10.9 Å². The van der Waals surface area contributed by atoms with Gasteiger partial charge in [-0.15, -0.1) is 11.3 Å². The molecule has 1 aliphatic carbocycles. The van der Waals surface area contributed by atoms with Gasteiger partial charge < -0.3 is 15.7 Å². The van der Waals surface area contributed by atoms with Crippen LogP contribution in [-0.4, -0.2) is 16.0 Å². The van der Waals surface area contributed by atoms with Crippen LogP contribution in [0.4, 0.5) is 17.6 Å². The molecule has 0 atom stereocenters. The van der Waals surface area contributed by atoms with Crippen LogP contribution in [0, 0.1) is 6.92 Å². The van der Waals surface area contributed by atoms with Crippen LogP contribution < -0.4 is 5.73 Å². The summed E-state index contributed by atoms with van der Waals surface area (Å²) in [4.78, 5) is 5.28. The summed E-state index contributed by atoms with van der Waals surface area (Å²) in [6, 6.07) is 4.97. The first-order chi connectivity index (χ1) is 14.7. The van der Waals surface area contributed by atoms with Crippen LogP contribution in [0.5, 0.6) is 0 Å². The highest BCUT2D eigenvalue weighted by Gasteiger charge is 2.29. The fourth-order valence-corrected chi connectivity index (χ4v) is 3.86. The van der Waals surface area contributed by atoms with Gasteiger partial charge in [0, 0.05) is 24.5 Å². The number of nitrogens with zero attached hydrogens (tertiary/aromatic N) is 2. The standard InChI is InChI=1S/C21H19F4N3O2S/c1-12-18(11-30-17-7-4-14(20(26)28-29)9-16(22)10-17)31-19(27-12)8-13-2-5-15(6-3-13)21(23,24)25/h2-7,10,29H,8-9,11H2,1H3,(H2,26,28). The lowest BCUT2D eigenvalue weighted by atomic mass is 10.1. The Morgan fingerprint density at radius 2 is 1.97 bits per heavy atom. The Morgan fingerprint density at radius 3 is 2.61 bits per heavy atom. The van der Waals surface area contributed by atoms with Crippen molar-refractivity contribution in [1.82, 2.24) is 4.98 Å². The highest BCUT2D eigenvalue weighted by Crippen LogP contribution is 2.30. The molecule has 1 aromatic heterocycles. The summed E-state index contributed by atoms with van der Waals surface area (Å²) in [5.74, 6) is -0.395. The summed E-state index contributed by atoms with van der Waals surface area (Å²) in [6.07, 6.45) is 0.187. The summed E-state index contributed by atoms with van der Waals surface area (Å²) in [5.41, 5.74) is 6.59. The van der Waals surface area contributed by atoms with Gasteiger partial charge in [0.2, 0.25) is 0 Å². The fraction of sp³-hybridized carbons (Fsp3) is 0.238. The minimum atomic E-state index is -4.37. The maximum absolute atomic E-state index is 14.0. The first-order valence-electron chi connectivity index (χ1n) is 9.14. The number of hydrogen-bond donors (Lipinski definition) is 2. The number of hydrogen-bond acceptors (Lipinski definition) is 5. The van der Waals surface area contributed by atoms with Gasteiger partial charge in [-0.2, -0.15) is 13.2 Å². The molecular weight excluding hydrogens is 434 g/mol. The molecule has 0 amide bonds. The Hall–Kier alpha value is -3.14. The third-order valence-electron chi connectivity index (χ3n) is 4.49. The average Bonchev–Trinajstić information content (AvgIpc) is 2.94. The van der Waals surface area contributed by atoms with Crippen molar-refractivity contribution in [1.29, 1.82) is 0 Å². The smallest absolute Gasteiger partial charge is 0.416 e. The molecule has 164 valence electrons. The molecule has 5 nitrogen and oxygen atoms in total. The van der Waals surface area contributed by atoms with E-state index in [1.165, 1.54) is 41.7 Å². The Balaban J connectivity index is 1.67. The van der Waals surface area contributed by atoms with Crippen LogP contribution in [0.15, 0.2) is 64.8 Å². The van der Waals surface area contributed by atoms with Crippen molar-refractivity contribution >= 4 is 17.2 Å². The number of halogens is 4. The van der Waals surface area contributed by atoms with Crippen LogP contribution in [0.2, 0.25) is 0 Å². The molecule has 2 aromatic rings. The quantitative estimate of drug-likeness (QED) is 0.202. The van der Waals surface area contributed by atoms with Gasteiger partial charge in [0.25, 0.3) is 0 Å². The van der Waals surface area contributed by atoms with E-state index >= 15 is 0 Å². The Labute approximate surface area is 179 Å². The minimum absolute atomic E-state index is 0.115. The number of allylic oxidation sites excluding steroid dienone is 4. The van der Waals surface area contributed by atoms with Gasteiger partial charge in [-0.3, -0.25) is 0 Å². The molecule has 3 rings (SSSR count). The van der Waals surface area contributed by atoms with E-state index in [2.05, 4.69) is 10.1 Å². The number of aromatic nitrogens is 1. The number of oxime groups is 1. The molecule has 1 heterocycles. The number of ether oxygens (including phenoxy) is 1. The first-order valence-corrected chi connectivity index (χ1v) is 9.96. The van der Waals surface area contributed by atoms with Crippen LogP contribution in [0.25, 0.3) is 0 Å². The van der Waals surface area contributed by atoms with E-state index in [0.29, 0.717) is 17.6 Å². The molecule has 0 fully saturated rings. The van der Waals surface area contributed by atoms with E-state index < -0.39 is 17.6 Å². The highest BCUT2D eigenvalue weighted by atomic mass is 32.1. The second kappa shape index (κ2) is 9.34. The Kier molecular flexibility index (Phi) is 6.79. The number of benzene rings is 1. The van der Waals surface area contributed by atoms with Crippen LogP contribution in [0.1, 0.15) is 33.1 Å². The second-order valence-corrected chi connectivity index (χ2v) is 7.96. The monoisotopic (exact) mass is 453 g/mol. The van der Waals surface area contributed by atoms with Gasteiger partial charge >= 0.3 is 6.18 Å². The maximum atomic E-state index is 14.0. The number of alkyl halides is 3. The SMILES string of the molecule is Cc1nc(Cc2ccc(C(F)(F)F)cc2)sc1COC1=CC=C(/C(N)=N/O)CC(F)=C1. The molecule has 0 unspecified atom stereocenters. The first kappa shape index (κ1) is 22.5. The van der Waals surface area contributed by atoms with Crippen molar-refractivity contribution in [3.05, 3.63) is 86.4 Å². The van der Waals surface area contributed by atoms with E-state index in [-0.39, 0.29) is 24.6 Å². The van der Waals surface area contributed by atoms with Crippen molar-refractivity contribution < 1.29 is 27.5 Å². The largest absolute Gasteiger partial charge is 0.488 e. The molecule has 31 heavy (non-hydrogen) atoms. The van der Waals surface area contributed by atoms with Crippen molar-refractivity contribution in [2.45, 2.75) is 32.5 Å². The average molecular weight is 453 g/mol. The third-order valence-corrected chi connectivity index (χ3v) is 5.62. The molecule has 3 N–H and O–H groups in total. The number of aryl methyl sites for hydroxylation is 1. The van der Waals surface area contributed by atoms with E-state index in [9.17, 15) is 17.6 Å². The zero-order chi connectivity index (χ0) is 22.6. The topological polar surface area (TPSA) is 80.7 Å². The van der Waals surface area contributed by atoms with Crippen molar-refractivity contribution in [3.8, 4) is 0 Å². The second-order valence-electron chi connectivity index (χ2n) is 6.79. The van der Waals surface area contributed by atoms with E-state index in [4.69, 9.17) is 15.7 Å². The van der Waals surface area contributed by atoms with Gasteiger partial charge in [-0.1, -0.05) is 23.4 Å². The normalized spacial score (nSPS) is 15.1. The van der Waals surface area contributed by atoms with Gasteiger partial charge in [-0.05, 0) is 30.7 Å². The van der Waals surface area contributed by atoms with Crippen LogP contribution in [0.3, 0.4) is 0 Å². The van der Waals surface area contributed by atoms with Gasteiger partial charge in [0.15, 0.2) is 5.84 Å². The molecule has 0 radical (unpaired) electrons. The van der Waals surface area contributed by atoms with Crippen molar-refractivity contribution in [2.75, 3.05) is 0 Å². The number of rotatable bonds is 6. The fourth-order valence-electron chi connectivity index (χ4n) is 2.84. The summed E-state index contributed by atoms with van der Waals surface area (Å²) in [5, 5.41) is 12.4. The predicted octanol–water partition coefficient (Wildman–Crippen LogP) is 5.39. The molecule has 0 bridgehead atoms. The number of amidine groups is 1. The molecule has 10 heteroatoms. The number of nitrogens with two attached hydrogens (primary N) is 1. The van der Waals surface area contributed by atoms with Crippen LogP contribution >= 0.6 is 11.3 Å². The Bertz CT molecular complexity index is 1070. The molecule has 1 aliphatic rings. The zero-order valence-electron chi connectivity index (χ0n) is 16.4. The molecule has 0 spiro atoms.